The smallest absolute Gasteiger partial charge is 0.332 e. The number of carbonyl (C=O) groups excluding carboxylic acids is 1. The second-order valence-corrected chi connectivity index (χ2v) is 8.22. The van der Waals surface area contributed by atoms with Crippen molar-refractivity contribution in [2.75, 3.05) is 31.1 Å². The van der Waals surface area contributed by atoms with Crippen molar-refractivity contribution in [3.8, 4) is 0 Å². The third-order valence-corrected chi connectivity index (χ3v) is 6.29. The SMILES string of the molecule is CCCn1c(=O)c2sccc2n(CC(=O)N2CCN(c3ccc(F)cc3)CC2)c1=O. The summed E-state index contributed by atoms with van der Waals surface area (Å²) < 4.78 is 16.3. The number of amides is 1. The van der Waals surface area contributed by atoms with Crippen LogP contribution in [0.25, 0.3) is 10.2 Å². The van der Waals surface area contributed by atoms with Crippen LogP contribution in [0.2, 0.25) is 0 Å². The largest absolute Gasteiger partial charge is 0.368 e. The molecule has 3 aromatic rings. The highest BCUT2D eigenvalue weighted by Crippen LogP contribution is 2.18. The molecule has 0 saturated carbocycles. The number of piperazine rings is 1. The maximum Gasteiger partial charge on any atom is 0.332 e. The van der Waals surface area contributed by atoms with Gasteiger partial charge in [0.1, 0.15) is 17.1 Å². The van der Waals surface area contributed by atoms with E-state index in [4.69, 9.17) is 0 Å². The van der Waals surface area contributed by atoms with Gasteiger partial charge in [-0.15, -0.1) is 11.3 Å². The van der Waals surface area contributed by atoms with E-state index in [-0.39, 0.29) is 23.8 Å². The molecule has 0 radical (unpaired) electrons. The number of nitrogens with zero attached hydrogens (tertiary/aromatic N) is 4. The van der Waals surface area contributed by atoms with Gasteiger partial charge in [0.2, 0.25) is 5.91 Å². The molecule has 9 heteroatoms. The molecule has 0 aliphatic carbocycles. The summed E-state index contributed by atoms with van der Waals surface area (Å²) in [5, 5.41) is 1.77. The molecule has 1 aliphatic heterocycles. The van der Waals surface area contributed by atoms with Crippen molar-refractivity contribution >= 4 is 33.1 Å². The second kappa shape index (κ2) is 8.43. The maximum atomic E-state index is 13.1. The van der Waals surface area contributed by atoms with Gasteiger partial charge in [-0.1, -0.05) is 6.92 Å². The number of fused-ring (bicyclic) bond motifs is 1. The predicted molar refractivity (Wildman–Crippen MR) is 116 cm³/mol. The van der Waals surface area contributed by atoms with Crippen molar-refractivity contribution in [2.45, 2.75) is 26.4 Å². The Balaban J connectivity index is 1.52. The van der Waals surface area contributed by atoms with Gasteiger partial charge in [0.15, 0.2) is 0 Å². The average Bonchev–Trinajstić information content (AvgIpc) is 3.25. The van der Waals surface area contributed by atoms with Crippen molar-refractivity contribution < 1.29 is 9.18 Å². The lowest BCUT2D eigenvalue weighted by Crippen LogP contribution is -2.50. The third kappa shape index (κ3) is 3.77. The Kier molecular flexibility index (Phi) is 5.72. The minimum absolute atomic E-state index is 0.0907. The number of hydrogen-bond donors (Lipinski definition) is 0. The van der Waals surface area contributed by atoms with Crippen LogP contribution < -0.4 is 16.1 Å². The van der Waals surface area contributed by atoms with Crippen LogP contribution in [0, 0.1) is 5.82 Å². The molecule has 0 bridgehead atoms. The third-order valence-electron chi connectivity index (χ3n) is 5.40. The molecule has 0 atom stereocenters. The van der Waals surface area contributed by atoms with Crippen molar-refractivity contribution in [1.29, 1.82) is 0 Å². The van der Waals surface area contributed by atoms with Gasteiger partial charge in [-0.3, -0.25) is 18.7 Å². The van der Waals surface area contributed by atoms with E-state index in [0.29, 0.717) is 49.4 Å². The molecule has 0 spiro atoms. The van der Waals surface area contributed by atoms with Crippen molar-refractivity contribution in [3.05, 3.63) is 62.4 Å². The van der Waals surface area contributed by atoms with Crippen LogP contribution in [-0.4, -0.2) is 46.1 Å². The molecular formula is C21H23FN4O3S. The van der Waals surface area contributed by atoms with Gasteiger partial charge >= 0.3 is 5.69 Å². The van der Waals surface area contributed by atoms with Gasteiger partial charge in [0.05, 0.1) is 5.52 Å². The van der Waals surface area contributed by atoms with Crippen LogP contribution in [0.4, 0.5) is 10.1 Å². The van der Waals surface area contributed by atoms with Crippen LogP contribution in [-0.2, 0) is 17.9 Å². The van der Waals surface area contributed by atoms with E-state index in [1.807, 2.05) is 6.92 Å². The number of halogens is 1. The normalized spacial score (nSPS) is 14.5. The van der Waals surface area contributed by atoms with Crippen molar-refractivity contribution in [2.24, 2.45) is 0 Å². The fourth-order valence-corrected chi connectivity index (χ4v) is 4.65. The molecule has 0 unspecified atom stereocenters. The van der Waals surface area contributed by atoms with Crippen LogP contribution >= 0.6 is 11.3 Å². The lowest BCUT2D eigenvalue weighted by atomic mass is 10.2. The predicted octanol–water partition coefficient (Wildman–Crippen LogP) is 2.12. The maximum absolute atomic E-state index is 13.1. The van der Waals surface area contributed by atoms with E-state index >= 15 is 0 Å². The second-order valence-electron chi connectivity index (χ2n) is 7.30. The highest BCUT2D eigenvalue weighted by molar-refractivity contribution is 7.17. The summed E-state index contributed by atoms with van der Waals surface area (Å²) in [6, 6.07) is 8.04. The first-order chi connectivity index (χ1) is 14.5. The van der Waals surface area contributed by atoms with Crippen LogP contribution in [0.5, 0.6) is 0 Å². The quantitative estimate of drug-likeness (QED) is 0.622. The van der Waals surface area contributed by atoms with E-state index in [1.54, 1.807) is 28.5 Å². The lowest BCUT2D eigenvalue weighted by Gasteiger charge is -2.36. The molecule has 30 heavy (non-hydrogen) atoms. The minimum Gasteiger partial charge on any atom is -0.368 e. The minimum atomic E-state index is -0.439. The number of rotatable bonds is 5. The highest BCUT2D eigenvalue weighted by atomic mass is 32.1. The van der Waals surface area contributed by atoms with Crippen LogP contribution in [0.3, 0.4) is 0 Å². The zero-order valence-electron chi connectivity index (χ0n) is 16.7. The van der Waals surface area contributed by atoms with E-state index in [0.717, 1.165) is 5.69 Å². The van der Waals surface area contributed by atoms with Crippen LogP contribution in [0.15, 0.2) is 45.3 Å². The van der Waals surface area contributed by atoms with Gasteiger partial charge in [0.25, 0.3) is 5.56 Å². The Bertz CT molecular complexity index is 1170. The zero-order valence-corrected chi connectivity index (χ0v) is 17.5. The monoisotopic (exact) mass is 430 g/mol. The molecule has 3 heterocycles. The van der Waals surface area contributed by atoms with Crippen LogP contribution in [0.1, 0.15) is 13.3 Å². The van der Waals surface area contributed by atoms with Gasteiger partial charge < -0.3 is 9.80 Å². The number of benzene rings is 1. The summed E-state index contributed by atoms with van der Waals surface area (Å²) in [4.78, 5) is 42.2. The fraction of sp³-hybridized carbons (Fsp3) is 0.381. The zero-order chi connectivity index (χ0) is 21.3. The molecule has 1 aliphatic rings. The van der Waals surface area contributed by atoms with E-state index < -0.39 is 5.69 Å². The highest BCUT2D eigenvalue weighted by Gasteiger charge is 2.23. The average molecular weight is 431 g/mol. The molecule has 2 aromatic heterocycles. The standard InChI is InChI=1S/C21H23FN4O3S/c1-2-8-25-20(28)19-17(7-13-30-19)26(21(25)29)14-18(27)24-11-9-23(10-12-24)16-5-3-15(22)4-6-16/h3-7,13H,2,8-12,14H2,1H3. The number of carbonyl (C=O) groups is 1. The molecule has 158 valence electrons. The molecule has 0 N–H and O–H groups in total. The molecule has 1 amide bonds. The first-order valence-electron chi connectivity index (χ1n) is 9.98. The molecular weight excluding hydrogens is 407 g/mol. The molecule has 1 fully saturated rings. The number of anilines is 1. The number of thiophene rings is 1. The summed E-state index contributed by atoms with van der Waals surface area (Å²) >= 11 is 1.29. The Morgan fingerprint density at radius 1 is 1.03 bits per heavy atom. The summed E-state index contributed by atoms with van der Waals surface area (Å²) in [5.74, 6) is -0.424. The number of hydrogen-bond acceptors (Lipinski definition) is 5. The van der Waals surface area contributed by atoms with Gasteiger partial charge in [0, 0.05) is 38.4 Å². The van der Waals surface area contributed by atoms with Gasteiger partial charge in [-0.05, 0) is 42.1 Å². The Labute approximate surface area is 176 Å². The van der Waals surface area contributed by atoms with Gasteiger partial charge in [-0.2, -0.15) is 0 Å². The number of aromatic nitrogens is 2. The van der Waals surface area contributed by atoms with E-state index in [2.05, 4.69) is 4.90 Å². The van der Waals surface area contributed by atoms with E-state index in [9.17, 15) is 18.8 Å². The molecule has 1 aromatic carbocycles. The summed E-state index contributed by atoms with van der Waals surface area (Å²) in [5.41, 5.74) is 0.710. The summed E-state index contributed by atoms with van der Waals surface area (Å²) in [6.45, 7) is 4.45. The summed E-state index contributed by atoms with van der Waals surface area (Å²) in [7, 11) is 0. The van der Waals surface area contributed by atoms with Gasteiger partial charge in [-0.25, -0.2) is 9.18 Å². The lowest BCUT2D eigenvalue weighted by molar-refractivity contribution is -0.132. The topological polar surface area (TPSA) is 67.6 Å². The first kappa shape index (κ1) is 20.3. The fourth-order valence-electron chi connectivity index (χ4n) is 3.81. The Hall–Kier alpha value is -2.94. The summed E-state index contributed by atoms with van der Waals surface area (Å²) in [6.07, 6.45) is 0.658. The molecule has 1 saturated heterocycles. The molecule has 4 rings (SSSR count). The first-order valence-corrected chi connectivity index (χ1v) is 10.9. The van der Waals surface area contributed by atoms with E-state index in [1.165, 1.54) is 32.6 Å². The van der Waals surface area contributed by atoms with Crippen molar-refractivity contribution in [3.63, 3.8) is 0 Å². The molecule has 7 nitrogen and oxygen atoms in total. The Morgan fingerprint density at radius 2 is 1.73 bits per heavy atom. The van der Waals surface area contributed by atoms with Crippen molar-refractivity contribution in [1.82, 2.24) is 14.0 Å². The Morgan fingerprint density at radius 3 is 2.40 bits per heavy atom.